The van der Waals surface area contributed by atoms with Gasteiger partial charge in [-0.15, -0.1) is 24.8 Å². The molecule has 2 rings (SSSR count). The van der Waals surface area contributed by atoms with Crippen LogP contribution in [0.5, 0.6) is 0 Å². The van der Waals surface area contributed by atoms with E-state index in [1.54, 1.807) is 0 Å². The minimum atomic E-state index is -0.708. The highest BCUT2D eigenvalue weighted by atomic mass is 35.5. The van der Waals surface area contributed by atoms with Gasteiger partial charge in [0.2, 0.25) is 0 Å². The summed E-state index contributed by atoms with van der Waals surface area (Å²) < 4.78 is 24.4. The van der Waals surface area contributed by atoms with Crippen molar-refractivity contribution in [2.45, 2.75) is 63.0 Å². The summed E-state index contributed by atoms with van der Waals surface area (Å²) in [5, 5.41) is 0. The van der Waals surface area contributed by atoms with E-state index in [-0.39, 0.29) is 36.9 Å². The Hall–Kier alpha value is 0.360. The monoisotopic (exact) mass is 278 g/mol. The molecule has 2 fully saturated rings. The maximum Gasteiger partial charge on any atom is 0.115 e. The Bertz CT molecular complexity index is 141. The predicted molar refractivity (Wildman–Crippen MR) is 67.9 cm³/mol. The first-order valence-electron chi connectivity index (χ1n) is 5.40. The van der Waals surface area contributed by atoms with Crippen molar-refractivity contribution in [3.8, 4) is 0 Å². The molecule has 0 heterocycles. The van der Waals surface area contributed by atoms with E-state index in [2.05, 4.69) is 0 Å². The summed E-state index contributed by atoms with van der Waals surface area (Å²) in [4.78, 5) is 0. The van der Waals surface area contributed by atoms with E-state index in [0.29, 0.717) is 12.8 Å². The third kappa shape index (κ3) is 6.18. The minimum absolute atomic E-state index is 0. The van der Waals surface area contributed by atoms with Crippen LogP contribution in [-0.2, 0) is 0 Å². The van der Waals surface area contributed by atoms with Gasteiger partial charge in [-0.25, -0.2) is 8.78 Å². The molecular formula is C10H22Cl2F2N2. The van der Waals surface area contributed by atoms with Crippen molar-refractivity contribution in [2.24, 2.45) is 11.5 Å². The van der Waals surface area contributed by atoms with Crippen molar-refractivity contribution >= 4 is 24.8 Å². The van der Waals surface area contributed by atoms with Crippen LogP contribution in [0.15, 0.2) is 0 Å². The zero-order valence-corrected chi connectivity index (χ0v) is 10.9. The molecule has 2 aliphatic carbocycles. The number of nitrogens with two attached hydrogens (primary N) is 2. The number of hydrogen-bond donors (Lipinski definition) is 2. The quantitative estimate of drug-likeness (QED) is 0.716. The number of halogens is 4. The SMILES string of the molecule is Cl.Cl.N[C@@H]1CCC[C@H]1F.N[C@H]1CCC[C@@H]1F. The Morgan fingerprint density at radius 1 is 0.688 bits per heavy atom. The maximum atomic E-state index is 12.2. The van der Waals surface area contributed by atoms with Crippen LogP contribution in [0.25, 0.3) is 0 Å². The van der Waals surface area contributed by atoms with Crippen molar-refractivity contribution in [3.63, 3.8) is 0 Å². The summed E-state index contributed by atoms with van der Waals surface area (Å²) in [6.07, 6.45) is 3.65. The molecular weight excluding hydrogens is 257 g/mol. The van der Waals surface area contributed by atoms with E-state index in [4.69, 9.17) is 11.5 Å². The van der Waals surface area contributed by atoms with E-state index in [1.807, 2.05) is 0 Å². The number of rotatable bonds is 0. The Kier molecular flexibility index (Phi) is 11.0. The predicted octanol–water partition coefficient (Wildman–Crippen LogP) is 2.52. The van der Waals surface area contributed by atoms with Crippen LogP contribution in [0.2, 0.25) is 0 Å². The molecule has 100 valence electrons. The molecule has 4 N–H and O–H groups in total. The summed E-state index contributed by atoms with van der Waals surface area (Å²) in [5.74, 6) is 0. The first-order valence-corrected chi connectivity index (χ1v) is 5.40. The molecule has 0 unspecified atom stereocenters. The molecule has 0 radical (unpaired) electrons. The second kappa shape index (κ2) is 9.40. The second-order valence-corrected chi connectivity index (χ2v) is 4.22. The van der Waals surface area contributed by atoms with Crippen molar-refractivity contribution in [1.29, 1.82) is 0 Å². The lowest BCUT2D eigenvalue weighted by molar-refractivity contribution is 0.312. The molecule has 4 atom stereocenters. The van der Waals surface area contributed by atoms with Gasteiger partial charge in [-0.2, -0.15) is 0 Å². The third-order valence-corrected chi connectivity index (χ3v) is 2.96. The third-order valence-electron chi connectivity index (χ3n) is 2.96. The molecule has 2 saturated carbocycles. The van der Waals surface area contributed by atoms with E-state index in [9.17, 15) is 8.78 Å². The average Bonchev–Trinajstić information content (AvgIpc) is 2.67. The Balaban J connectivity index is 0. The van der Waals surface area contributed by atoms with Crippen molar-refractivity contribution in [1.82, 2.24) is 0 Å². The Morgan fingerprint density at radius 3 is 1.06 bits per heavy atom. The normalized spacial score (nSPS) is 36.8. The fourth-order valence-corrected chi connectivity index (χ4v) is 1.89. The van der Waals surface area contributed by atoms with Gasteiger partial charge in [-0.1, -0.05) is 0 Å². The molecule has 0 bridgehead atoms. The highest BCUT2D eigenvalue weighted by Gasteiger charge is 2.22. The average molecular weight is 279 g/mol. The number of hydrogen-bond acceptors (Lipinski definition) is 2. The molecule has 0 saturated heterocycles. The smallest absolute Gasteiger partial charge is 0.115 e. The molecule has 0 aromatic carbocycles. The summed E-state index contributed by atoms with van der Waals surface area (Å²) in [5.41, 5.74) is 10.6. The molecule has 0 aromatic heterocycles. The maximum absolute atomic E-state index is 12.2. The molecule has 0 aromatic rings. The summed E-state index contributed by atoms with van der Waals surface area (Å²) in [6, 6.07) is -0.306. The van der Waals surface area contributed by atoms with Gasteiger partial charge in [0.25, 0.3) is 0 Å². The molecule has 0 amide bonds. The summed E-state index contributed by atoms with van der Waals surface area (Å²) in [7, 11) is 0. The van der Waals surface area contributed by atoms with E-state index in [1.165, 1.54) is 0 Å². The molecule has 0 aliphatic heterocycles. The largest absolute Gasteiger partial charge is 0.325 e. The zero-order chi connectivity index (χ0) is 10.6. The van der Waals surface area contributed by atoms with Gasteiger partial charge in [-0.3, -0.25) is 0 Å². The first-order chi connectivity index (χ1) is 6.61. The molecule has 2 aliphatic rings. The standard InChI is InChI=1S/2C5H10FN.2ClH/c2*6-4-2-1-3-5(4)7;;/h2*4-5H,1-3,7H2;2*1H/t2*4-,5-;;/m10../s1. The van der Waals surface area contributed by atoms with Gasteiger partial charge >= 0.3 is 0 Å². The summed E-state index contributed by atoms with van der Waals surface area (Å²) >= 11 is 0. The fourth-order valence-electron chi connectivity index (χ4n) is 1.89. The van der Waals surface area contributed by atoms with Gasteiger partial charge in [0.05, 0.1) is 0 Å². The lowest BCUT2D eigenvalue weighted by Crippen LogP contribution is -2.24. The van der Waals surface area contributed by atoms with Crippen LogP contribution >= 0.6 is 24.8 Å². The van der Waals surface area contributed by atoms with Crippen LogP contribution in [-0.4, -0.2) is 24.4 Å². The van der Waals surface area contributed by atoms with Crippen LogP contribution in [0.3, 0.4) is 0 Å². The van der Waals surface area contributed by atoms with Crippen molar-refractivity contribution in [3.05, 3.63) is 0 Å². The Labute approximate surface area is 108 Å². The first kappa shape index (κ1) is 18.7. The highest BCUT2D eigenvalue weighted by molar-refractivity contribution is 5.85. The Morgan fingerprint density at radius 2 is 1.00 bits per heavy atom. The van der Waals surface area contributed by atoms with Crippen molar-refractivity contribution in [2.75, 3.05) is 0 Å². The lowest BCUT2D eigenvalue weighted by atomic mass is 10.2. The second-order valence-electron chi connectivity index (χ2n) is 4.22. The van der Waals surface area contributed by atoms with Crippen LogP contribution in [0, 0.1) is 0 Å². The topological polar surface area (TPSA) is 52.0 Å². The van der Waals surface area contributed by atoms with E-state index in [0.717, 1.165) is 25.7 Å². The molecule has 2 nitrogen and oxygen atoms in total. The van der Waals surface area contributed by atoms with E-state index < -0.39 is 12.3 Å². The van der Waals surface area contributed by atoms with Crippen LogP contribution < -0.4 is 11.5 Å². The van der Waals surface area contributed by atoms with Gasteiger partial charge in [0, 0.05) is 12.1 Å². The zero-order valence-electron chi connectivity index (χ0n) is 9.28. The van der Waals surface area contributed by atoms with Gasteiger partial charge in [-0.05, 0) is 38.5 Å². The summed E-state index contributed by atoms with van der Waals surface area (Å²) in [6.45, 7) is 0. The van der Waals surface area contributed by atoms with Crippen LogP contribution in [0.4, 0.5) is 8.78 Å². The highest BCUT2D eigenvalue weighted by Crippen LogP contribution is 2.19. The van der Waals surface area contributed by atoms with Gasteiger partial charge < -0.3 is 11.5 Å². The molecule has 0 spiro atoms. The van der Waals surface area contributed by atoms with Gasteiger partial charge in [0.1, 0.15) is 12.3 Å². The van der Waals surface area contributed by atoms with Gasteiger partial charge in [0.15, 0.2) is 0 Å². The number of alkyl halides is 2. The molecule has 16 heavy (non-hydrogen) atoms. The van der Waals surface area contributed by atoms with Crippen molar-refractivity contribution < 1.29 is 8.78 Å². The van der Waals surface area contributed by atoms with Crippen LogP contribution in [0.1, 0.15) is 38.5 Å². The lowest BCUT2D eigenvalue weighted by Gasteiger charge is -2.01. The van der Waals surface area contributed by atoms with E-state index >= 15 is 0 Å². The molecule has 6 heteroatoms. The fraction of sp³-hybridized carbons (Fsp3) is 1.00. The minimum Gasteiger partial charge on any atom is -0.325 e.